The van der Waals surface area contributed by atoms with Crippen molar-refractivity contribution in [2.45, 2.75) is 11.7 Å². The van der Waals surface area contributed by atoms with Crippen LogP contribution in [0, 0.1) is 0 Å². The van der Waals surface area contributed by atoms with Crippen LogP contribution < -0.4 is 10.7 Å². The van der Waals surface area contributed by atoms with E-state index in [9.17, 15) is 4.79 Å². The van der Waals surface area contributed by atoms with Gasteiger partial charge in [-0.25, -0.2) is 5.43 Å². The first kappa shape index (κ1) is 23.7. The number of hydrazone groups is 1. The minimum atomic E-state index is -0.286. The van der Waals surface area contributed by atoms with Gasteiger partial charge in [-0.05, 0) is 36.4 Å². The molecule has 0 aliphatic heterocycles. The molecule has 0 bridgehead atoms. The summed E-state index contributed by atoms with van der Waals surface area (Å²) in [5.41, 5.74) is 4.89. The number of carbonyl (C=O) groups is 1. The topological polar surface area (TPSA) is 97.1 Å². The molecule has 0 radical (unpaired) electrons. The zero-order chi connectivity index (χ0) is 23.8. The van der Waals surface area contributed by atoms with Crippen molar-refractivity contribution in [3.8, 4) is 5.69 Å². The van der Waals surface area contributed by atoms with E-state index in [0.29, 0.717) is 33.3 Å². The highest BCUT2D eigenvalue weighted by Crippen LogP contribution is 2.29. The lowest BCUT2D eigenvalue weighted by molar-refractivity contribution is -0.118. The molecule has 4 aromatic rings. The fourth-order valence-corrected chi connectivity index (χ4v) is 4.19. The van der Waals surface area contributed by atoms with Crippen LogP contribution in [0.1, 0.15) is 11.4 Å². The van der Waals surface area contributed by atoms with Crippen molar-refractivity contribution in [1.29, 1.82) is 0 Å². The van der Waals surface area contributed by atoms with E-state index in [1.807, 2.05) is 41.0 Å². The van der Waals surface area contributed by atoms with Crippen molar-refractivity contribution >= 4 is 52.8 Å². The highest BCUT2D eigenvalue weighted by molar-refractivity contribution is 7.99. The number of pyridine rings is 1. The molecule has 2 aromatic heterocycles. The minimum absolute atomic E-state index is 0.0832. The molecule has 2 N–H and O–H groups in total. The Morgan fingerprint density at radius 3 is 2.71 bits per heavy atom. The summed E-state index contributed by atoms with van der Waals surface area (Å²) in [6.45, 7) is 0.401. The molecule has 8 nitrogen and oxygen atoms in total. The monoisotopic (exact) mass is 511 g/mol. The predicted octanol–water partition coefficient (Wildman–Crippen LogP) is 4.82. The maximum absolute atomic E-state index is 12.3. The summed E-state index contributed by atoms with van der Waals surface area (Å²) in [5.74, 6) is 0.427. The first-order valence-corrected chi connectivity index (χ1v) is 11.9. The number of carbonyl (C=O) groups excluding carboxylic acids is 1. The van der Waals surface area contributed by atoms with Gasteiger partial charge in [-0.15, -0.1) is 10.2 Å². The number of nitrogens with zero attached hydrogens (tertiary/aromatic N) is 5. The third-order valence-corrected chi connectivity index (χ3v) is 5.96. The number of benzene rings is 2. The zero-order valence-electron chi connectivity index (χ0n) is 17.7. The van der Waals surface area contributed by atoms with Gasteiger partial charge in [0.1, 0.15) is 0 Å². The van der Waals surface area contributed by atoms with Gasteiger partial charge in [-0.3, -0.25) is 14.3 Å². The molecule has 0 saturated carbocycles. The molecule has 0 aliphatic carbocycles. The van der Waals surface area contributed by atoms with Gasteiger partial charge >= 0.3 is 0 Å². The largest absolute Gasteiger partial charge is 0.378 e. The number of rotatable bonds is 9. The van der Waals surface area contributed by atoms with E-state index in [2.05, 4.69) is 31.0 Å². The quantitative estimate of drug-likeness (QED) is 0.190. The van der Waals surface area contributed by atoms with Crippen LogP contribution in [-0.2, 0) is 11.3 Å². The second-order valence-electron chi connectivity index (χ2n) is 6.92. The number of hydrogen-bond acceptors (Lipinski definition) is 7. The fourth-order valence-electron chi connectivity index (χ4n) is 2.94. The van der Waals surface area contributed by atoms with Crippen molar-refractivity contribution in [2.75, 3.05) is 11.1 Å². The molecule has 0 saturated heterocycles. The van der Waals surface area contributed by atoms with Gasteiger partial charge in [-0.2, -0.15) is 5.10 Å². The standard InChI is InChI=1S/C23H19Cl2N7OS/c24-17-8-9-20(19(25)11-17)32-21(14-27-18-6-2-1-3-7-18)29-31-23(32)34-15-22(33)30-28-13-16-5-4-10-26-12-16/h1-13,27H,14-15H2,(H,30,33)/b28-13-. The molecule has 0 unspecified atom stereocenters. The molecule has 11 heteroatoms. The molecule has 0 atom stereocenters. The van der Waals surface area contributed by atoms with Crippen molar-refractivity contribution in [3.63, 3.8) is 0 Å². The van der Waals surface area contributed by atoms with Crippen molar-refractivity contribution in [1.82, 2.24) is 25.2 Å². The highest BCUT2D eigenvalue weighted by Gasteiger charge is 2.18. The van der Waals surface area contributed by atoms with Crippen molar-refractivity contribution in [2.24, 2.45) is 5.10 Å². The molecule has 0 spiro atoms. The molecule has 2 aromatic carbocycles. The van der Waals surface area contributed by atoms with Gasteiger partial charge < -0.3 is 5.32 Å². The van der Waals surface area contributed by atoms with Crippen molar-refractivity contribution in [3.05, 3.63) is 94.5 Å². The van der Waals surface area contributed by atoms with E-state index in [1.165, 1.54) is 18.0 Å². The minimum Gasteiger partial charge on any atom is -0.378 e. The van der Waals surface area contributed by atoms with Gasteiger partial charge in [-0.1, -0.05) is 59.2 Å². The molecule has 0 fully saturated rings. The molecular weight excluding hydrogens is 493 g/mol. The van der Waals surface area contributed by atoms with Crippen LogP contribution in [0.2, 0.25) is 10.0 Å². The molecule has 4 rings (SSSR count). The first-order valence-electron chi connectivity index (χ1n) is 10.1. The SMILES string of the molecule is O=C(CSc1nnc(CNc2ccccc2)n1-c1ccc(Cl)cc1Cl)N/N=C\c1cccnc1. The average molecular weight is 512 g/mol. The fraction of sp³-hybridized carbons (Fsp3) is 0.0870. The third kappa shape index (κ3) is 6.34. The number of anilines is 1. The van der Waals surface area contributed by atoms with E-state index in [1.54, 1.807) is 36.7 Å². The Labute approximate surface area is 210 Å². The van der Waals surface area contributed by atoms with Gasteiger partial charge in [0.2, 0.25) is 0 Å². The van der Waals surface area contributed by atoms with E-state index < -0.39 is 0 Å². The number of amides is 1. The van der Waals surface area contributed by atoms with Gasteiger partial charge in [0.05, 0.1) is 29.2 Å². The first-order chi connectivity index (χ1) is 16.6. The number of halogens is 2. The summed E-state index contributed by atoms with van der Waals surface area (Å²) < 4.78 is 1.81. The molecule has 172 valence electrons. The number of nitrogens with one attached hydrogen (secondary N) is 2. The highest BCUT2D eigenvalue weighted by atomic mass is 35.5. The van der Waals surface area contributed by atoms with Gasteiger partial charge in [0, 0.05) is 28.7 Å². The summed E-state index contributed by atoms with van der Waals surface area (Å²) in [4.78, 5) is 16.3. The normalized spacial score (nSPS) is 11.0. The molecule has 0 aliphatic rings. The van der Waals surface area contributed by atoms with Crippen LogP contribution in [0.5, 0.6) is 0 Å². The van der Waals surface area contributed by atoms with Crippen LogP contribution in [0.25, 0.3) is 5.69 Å². The second-order valence-corrected chi connectivity index (χ2v) is 8.70. The number of thioether (sulfide) groups is 1. The predicted molar refractivity (Wildman–Crippen MR) is 136 cm³/mol. The van der Waals surface area contributed by atoms with Crippen molar-refractivity contribution < 1.29 is 4.79 Å². The van der Waals surface area contributed by atoms with E-state index >= 15 is 0 Å². The average Bonchev–Trinajstić information content (AvgIpc) is 3.25. The number of para-hydroxylation sites is 1. The number of aromatic nitrogens is 4. The Kier molecular flexibility index (Phi) is 8.13. The lowest BCUT2D eigenvalue weighted by Crippen LogP contribution is -2.20. The Morgan fingerprint density at radius 1 is 1.09 bits per heavy atom. The zero-order valence-corrected chi connectivity index (χ0v) is 20.1. The Hall–Kier alpha value is -3.40. The summed E-state index contributed by atoms with van der Waals surface area (Å²) in [6, 6.07) is 18.6. The Bertz CT molecular complexity index is 1280. The van der Waals surface area contributed by atoms with Crippen LogP contribution in [0.3, 0.4) is 0 Å². The Balaban J connectivity index is 1.49. The van der Waals surface area contributed by atoms with Crippen LogP contribution in [0.15, 0.2) is 83.3 Å². The van der Waals surface area contributed by atoms with E-state index in [4.69, 9.17) is 23.2 Å². The number of hydrogen-bond donors (Lipinski definition) is 2. The van der Waals surface area contributed by atoms with Gasteiger partial charge in [0.15, 0.2) is 11.0 Å². The lowest BCUT2D eigenvalue weighted by Gasteiger charge is -2.13. The maximum atomic E-state index is 12.3. The lowest BCUT2D eigenvalue weighted by atomic mass is 10.3. The smallest absolute Gasteiger partial charge is 0.250 e. The summed E-state index contributed by atoms with van der Waals surface area (Å²) in [5, 5.41) is 17.4. The Morgan fingerprint density at radius 2 is 1.94 bits per heavy atom. The summed E-state index contributed by atoms with van der Waals surface area (Å²) in [7, 11) is 0. The molecule has 1 amide bonds. The van der Waals surface area contributed by atoms with Gasteiger partial charge in [0.25, 0.3) is 5.91 Å². The van der Waals surface area contributed by atoms with E-state index in [-0.39, 0.29) is 11.7 Å². The van der Waals surface area contributed by atoms with Crippen LogP contribution in [0.4, 0.5) is 5.69 Å². The maximum Gasteiger partial charge on any atom is 0.250 e. The summed E-state index contributed by atoms with van der Waals surface area (Å²) in [6.07, 6.45) is 4.84. The second kappa shape index (κ2) is 11.6. The third-order valence-electron chi connectivity index (χ3n) is 4.50. The van der Waals surface area contributed by atoms with Crippen LogP contribution >= 0.6 is 35.0 Å². The van der Waals surface area contributed by atoms with Crippen LogP contribution in [-0.4, -0.2) is 37.6 Å². The summed E-state index contributed by atoms with van der Waals surface area (Å²) >= 11 is 13.8. The molecule has 34 heavy (non-hydrogen) atoms. The molecular formula is C23H19Cl2N7OS. The molecule has 2 heterocycles. The van der Waals surface area contributed by atoms with E-state index in [0.717, 1.165) is 11.3 Å².